The fraction of sp³-hybridized carbons (Fsp3) is 0.185. The van der Waals surface area contributed by atoms with Gasteiger partial charge in [0, 0.05) is 24.5 Å². The van der Waals surface area contributed by atoms with Crippen LogP contribution in [-0.2, 0) is 18.4 Å². The Morgan fingerprint density at radius 1 is 0.906 bits per heavy atom. The fourth-order valence-corrected chi connectivity index (χ4v) is 3.34. The Labute approximate surface area is 189 Å². The minimum absolute atomic E-state index is 0.582. The number of amides is 1. The quantitative estimate of drug-likeness (QED) is 0.393. The summed E-state index contributed by atoms with van der Waals surface area (Å²) in [5.41, 5.74) is 7.64. The van der Waals surface area contributed by atoms with E-state index < -0.39 is 0 Å². The number of carbonyl (C=O) groups excluding carboxylic acids is 1. The highest BCUT2D eigenvalue weighted by Gasteiger charge is 2.06. The molecule has 0 unspecified atom stereocenters. The average molecular weight is 428 g/mol. The summed E-state index contributed by atoms with van der Waals surface area (Å²) in [7, 11) is 1.92. The Bertz CT molecular complexity index is 1150. The molecule has 0 saturated carbocycles. The number of ether oxygens (including phenoxy) is 1. The van der Waals surface area contributed by atoms with Gasteiger partial charge in [-0.2, -0.15) is 5.10 Å². The van der Waals surface area contributed by atoms with Crippen molar-refractivity contribution in [2.75, 3.05) is 5.32 Å². The Morgan fingerprint density at radius 3 is 2.25 bits per heavy atom. The first-order valence-corrected chi connectivity index (χ1v) is 10.5. The van der Waals surface area contributed by atoms with E-state index in [0.717, 1.165) is 39.3 Å². The summed E-state index contributed by atoms with van der Waals surface area (Å²) in [4.78, 5) is 10.2. The maximum atomic E-state index is 10.2. The summed E-state index contributed by atoms with van der Waals surface area (Å²) >= 11 is 0. The molecule has 1 aromatic heterocycles. The molecule has 3 aromatic carbocycles. The van der Waals surface area contributed by atoms with Gasteiger partial charge < -0.3 is 10.1 Å². The van der Waals surface area contributed by atoms with Gasteiger partial charge >= 0.3 is 0 Å². The highest BCUT2D eigenvalue weighted by atomic mass is 16.5. The lowest BCUT2D eigenvalue weighted by atomic mass is 10.1. The third-order valence-corrected chi connectivity index (χ3v) is 5.15. The van der Waals surface area contributed by atoms with Crippen LogP contribution in [0.2, 0.25) is 0 Å². The number of benzene rings is 3. The lowest BCUT2D eigenvalue weighted by Gasteiger charge is -2.10. The molecule has 5 heteroatoms. The van der Waals surface area contributed by atoms with Crippen molar-refractivity contribution in [3.05, 3.63) is 101 Å². The average Bonchev–Trinajstić information content (AvgIpc) is 3.23. The zero-order valence-corrected chi connectivity index (χ0v) is 19.0. The number of hydrogen-bond acceptors (Lipinski definition) is 3. The molecule has 0 radical (unpaired) electrons. The van der Waals surface area contributed by atoms with E-state index in [-0.39, 0.29) is 0 Å². The number of aromatic nitrogens is 2. The van der Waals surface area contributed by atoms with Gasteiger partial charge in [0.2, 0.25) is 6.41 Å². The first-order chi connectivity index (χ1) is 15.5. The molecule has 1 N–H and O–H groups in total. The van der Waals surface area contributed by atoms with Crippen LogP contribution in [0.25, 0.3) is 11.1 Å². The number of anilines is 1. The van der Waals surface area contributed by atoms with Crippen molar-refractivity contribution in [3.63, 3.8) is 0 Å². The molecule has 0 saturated heterocycles. The second-order valence-corrected chi connectivity index (χ2v) is 7.69. The third kappa shape index (κ3) is 6.08. The standard InChI is InChI=1S/C18H18N2O.C9H11NO/c1-14-8-9-16(17-11-19-20(2)12-17)10-18(14)21-13-15-6-4-3-5-7-15;1-7-4-3-5-8(2)9(7)10-6-11/h3-12H,13H2,1-2H3;3-6H,1-2H3,(H,10,11). The summed E-state index contributed by atoms with van der Waals surface area (Å²) < 4.78 is 7.77. The van der Waals surface area contributed by atoms with Crippen LogP contribution in [0.15, 0.2) is 79.1 Å². The summed E-state index contributed by atoms with van der Waals surface area (Å²) in [6.07, 6.45) is 4.58. The van der Waals surface area contributed by atoms with Crippen molar-refractivity contribution < 1.29 is 9.53 Å². The number of aryl methyl sites for hydroxylation is 4. The number of nitrogens with one attached hydrogen (secondary N) is 1. The van der Waals surface area contributed by atoms with Crippen molar-refractivity contribution in [1.29, 1.82) is 0 Å². The Hall–Kier alpha value is -3.86. The van der Waals surface area contributed by atoms with Crippen LogP contribution in [-0.4, -0.2) is 16.2 Å². The van der Waals surface area contributed by atoms with Crippen LogP contribution in [0, 0.1) is 20.8 Å². The summed E-state index contributed by atoms with van der Waals surface area (Å²) in [5, 5.41) is 6.88. The van der Waals surface area contributed by atoms with E-state index in [2.05, 4.69) is 47.7 Å². The van der Waals surface area contributed by atoms with Crippen LogP contribution in [0.5, 0.6) is 5.75 Å². The predicted octanol–water partition coefficient (Wildman–Crippen LogP) is 5.85. The number of nitrogens with zero attached hydrogens (tertiary/aromatic N) is 2. The summed E-state index contributed by atoms with van der Waals surface area (Å²) in [5.74, 6) is 0.917. The minimum atomic E-state index is 0.582. The van der Waals surface area contributed by atoms with Crippen LogP contribution < -0.4 is 10.1 Å². The third-order valence-electron chi connectivity index (χ3n) is 5.15. The number of hydrogen-bond donors (Lipinski definition) is 1. The molecular weight excluding hydrogens is 398 g/mol. The maximum absolute atomic E-state index is 10.2. The molecule has 0 fully saturated rings. The molecular formula is C27H29N3O2. The maximum Gasteiger partial charge on any atom is 0.211 e. The summed E-state index contributed by atoms with van der Waals surface area (Å²) in [6.45, 7) is 6.59. The van der Waals surface area contributed by atoms with Crippen molar-refractivity contribution >= 4 is 12.1 Å². The van der Waals surface area contributed by atoms with E-state index in [1.54, 1.807) is 4.68 Å². The Balaban J connectivity index is 0.000000222. The van der Waals surface area contributed by atoms with Gasteiger partial charge in [0.05, 0.1) is 6.20 Å². The largest absolute Gasteiger partial charge is 0.489 e. The summed E-state index contributed by atoms with van der Waals surface area (Å²) in [6, 6.07) is 22.4. The fourth-order valence-electron chi connectivity index (χ4n) is 3.34. The molecule has 0 aliphatic rings. The highest BCUT2D eigenvalue weighted by molar-refractivity contribution is 5.75. The van der Waals surface area contributed by atoms with Gasteiger partial charge in [-0.05, 0) is 54.7 Å². The molecule has 0 spiro atoms. The van der Waals surface area contributed by atoms with E-state index in [4.69, 9.17) is 4.74 Å². The Kier molecular flexibility index (Phi) is 7.81. The van der Waals surface area contributed by atoms with Crippen molar-refractivity contribution in [3.8, 4) is 16.9 Å². The normalized spacial score (nSPS) is 10.1. The molecule has 1 heterocycles. The van der Waals surface area contributed by atoms with E-state index >= 15 is 0 Å². The van der Waals surface area contributed by atoms with Gasteiger partial charge in [-0.15, -0.1) is 0 Å². The van der Waals surface area contributed by atoms with Crippen molar-refractivity contribution in [2.24, 2.45) is 7.05 Å². The second kappa shape index (κ2) is 11.0. The van der Waals surface area contributed by atoms with Crippen LogP contribution in [0.1, 0.15) is 22.3 Å². The highest BCUT2D eigenvalue weighted by Crippen LogP contribution is 2.27. The molecule has 1 amide bonds. The van der Waals surface area contributed by atoms with Gasteiger partial charge in [0.1, 0.15) is 12.4 Å². The van der Waals surface area contributed by atoms with Gasteiger partial charge in [-0.3, -0.25) is 9.48 Å². The SMILES string of the molecule is Cc1ccc(-c2cnn(C)c2)cc1OCc1ccccc1.Cc1cccc(C)c1NC=O. The number of carbonyl (C=O) groups is 1. The zero-order valence-electron chi connectivity index (χ0n) is 19.0. The van der Waals surface area contributed by atoms with E-state index in [1.165, 1.54) is 5.56 Å². The van der Waals surface area contributed by atoms with E-state index in [1.807, 2.05) is 69.7 Å². The van der Waals surface area contributed by atoms with Crippen LogP contribution >= 0.6 is 0 Å². The zero-order chi connectivity index (χ0) is 22.9. The van der Waals surface area contributed by atoms with E-state index in [0.29, 0.717) is 13.0 Å². The first kappa shape index (κ1) is 22.8. The predicted molar refractivity (Wildman–Crippen MR) is 130 cm³/mol. The molecule has 0 aliphatic carbocycles. The molecule has 0 bridgehead atoms. The lowest BCUT2D eigenvalue weighted by Crippen LogP contribution is -1.98. The van der Waals surface area contributed by atoms with Crippen molar-refractivity contribution in [2.45, 2.75) is 27.4 Å². The van der Waals surface area contributed by atoms with Crippen LogP contribution in [0.3, 0.4) is 0 Å². The molecule has 4 rings (SSSR count). The second-order valence-electron chi connectivity index (χ2n) is 7.69. The number of rotatable bonds is 6. The van der Waals surface area contributed by atoms with Crippen molar-refractivity contribution in [1.82, 2.24) is 9.78 Å². The van der Waals surface area contributed by atoms with Crippen LogP contribution in [0.4, 0.5) is 5.69 Å². The molecule has 4 aromatic rings. The first-order valence-electron chi connectivity index (χ1n) is 10.5. The molecule has 0 atom stereocenters. The van der Waals surface area contributed by atoms with Gasteiger partial charge in [-0.25, -0.2) is 0 Å². The lowest BCUT2D eigenvalue weighted by molar-refractivity contribution is -0.105. The molecule has 0 aliphatic heterocycles. The minimum Gasteiger partial charge on any atom is -0.489 e. The molecule has 32 heavy (non-hydrogen) atoms. The Morgan fingerprint density at radius 2 is 1.62 bits per heavy atom. The molecule has 164 valence electrons. The van der Waals surface area contributed by atoms with Gasteiger partial charge in [-0.1, -0.05) is 60.7 Å². The van der Waals surface area contributed by atoms with Gasteiger partial charge in [0.25, 0.3) is 0 Å². The topological polar surface area (TPSA) is 56.1 Å². The monoisotopic (exact) mass is 427 g/mol. The smallest absolute Gasteiger partial charge is 0.211 e. The van der Waals surface area contributed by atoms with E-state index in [9.17, 15) is 4.79 Å². The number of para-hydroxylation sites is 1. The van der Waals surface area contributed by atoms with Gasteiger partial charge in [0.15, 0.2) is 0 Å². The molecule has 5 nitrogen and oxygen atoms in total.